The van der Waals surface area contributed by atoms with Crippen LogP contribution in [0.3, 0.4) is 0 Å². The molecule has 102 valence electrons. The minimum absolute atomic E-state index is 0. The molecule has 0 spiro atoms. The van der Waals surface area contributed by atoms with Gasteiger partial charge >= 0.3 is 0 Å². The van der Waals surface area contributed by atoms with Crippen LogP contribution in [0.4, 0.5) is 4.39 Å². The molecule has 19 heavy (non-hydrogen) atoms. The molecule has 0 saturated heterocycles. The number of hydrogen-bond donors (Lipinski definition) is 1. The molecule has 0 heterocycles. The first kappa shape index (κ1) is 15.6. The second kappa shape index (κ2) is 5.69. The molecule has 0 aromatic heterocycles. The first-order valence-corrected chi connectivity index (χ1v) is 6.82. The minimum Gasteiger partial charge on any atom is -0.225 e. The van der Waals surface area contributed by atoms with E-state index in [1.807, 2.05) is 6.92 Å². The largest absolute Gasteiger partial charge is 0.238 e. The number of aryl methyl sites for hydroxylation is 1. The average Bonchev–Trinajstić information content (AvgIpc) is 2.28. The molecule has 0 radical (unpaired) electrons. The van der Waals surface area contributed by atoms with Crippen molar-refractivity contribution in [3.63, 3.8) is 0 Å². The van der Waals surface area contributed by atoms with E-state index in [0.29, 0.717) is 11.1 Å². The fraction of sp³-hybridized carbons (Fsp3) is 0.0769. The molecule has 0 fully saturated rings. The summed E-state index contributed by atoms with van der Waals surface area (Å²) in [5.74, 6) is -0.372. The van der Waals surface area contributed by atoms with Gasteiger partial charge in [0.1, 0.15) is 5.82 Å². The predicted octanol–water partition coefficient (Wildman–Crippen LogP) is 2.87. The third kappa shape index (κ3) is 3.53. The maximum Gasteiger partial charge on any atom is 0.238 e. The number of benzene rings is 2. The van der Waals surface area contributed by atoms with Crippen LogP contribution in [0.25, 0.3) is 11.1 Å². The summed E-state index contributed by atoms with van der Waals surface area (Å²) in [5, 5.41) is 5.17. The molecule has 0 amide bonds. The predicted molar refractivity (Wildman–Crippen MR) is 75.2 cm³/mol. The van der Waals surface area contributed by atoms with Gasteiger partial charge in [0.15, 0.2) is 0 Å². The van der Waals surface area contributed by atoms with Gasteiger partial charge in [0.2, 0.25) is 10.0 Å². The monoisotopic (exact) mass is 301 g/mol. The Kier molecular flexibility index (Phi) is 4.68. The van der Waals surface area contributed by atoms with Crippen LogP contribution >= 0.6 is 12.4 Å². The quantitative estimate of drug-likeness (QED) is 0.927. The van der Waals surface area contributed by atoms with Gasteiger partial charge in [-0.3, -0.25) is 0 Å². The summed E-state index contributed by atoms with van der Waals surface area (Å²) < 4.78 is 35.9. The van der Waals surface area contributed by atoms with Crippen molar-refractivity contribution in [2.75, 3.05) is 0 Å². The molecule has 6 heteroatoms. The first-order valence-electron chi connectivity index (χ1n) is 5.27. The van der Waals surface area contributed by atoms with Gasteiger partial charge in [-0.05, 0) is 30.7 Å². The summed E-state index contributed by atoms with van der Waals surface area (Å²) in [6, 6.07) is 10.5. The lowest BCUT2D eigenvalue weighted by Crippen LogP contribution is -2.13. The van der Waals surface area contributed by atoms with Crippen LogP contribution in [-0.4, -0.2) is 8.42 Å². The zero-order valence-electron chi connectivity index (χ0n) is 10.1. The standard InChI is InChI=1S/C13H12FNO2S.ClH/c1-9-2-7-13(18(15,16)17)12(8-9)10-3-5-11(14)6-4-10;/h2-8H,1H3,(H2,15,16,17);1H. The van der Waals surface area contributed by atoms with Crippen LogP contribution in [0, 0.1) is 12.7 Å². The Balaban J connectivity index is 0.00000180. The molecule has 2 rings (SSSR count). The van der Waals surface area contributed by atoms with Crippen LogP contribution in [0.5, 0.6) is 0 Å². The molecule has 0 aliphatic rings. The summed E-state index contributed by atoms with van der Waals surface area (Å²) in [4.78, 5) is 0.0414. The van der Waals surface area contributed by atoms with Crippen LogP contribution in [-0.2, 0) is 10.0 Å². The zero-order chi connectivity index (χ0) is 13.3. The maximum absolute atomic E-state index is 12.9. The highest BCUT2D eigenvalue weighted by Crippen LogP contribution is 2.27. The van der Waals surface area contributed by atoms with Crippen LogP contribution in [0.1, 0.15) is 5.56 Å². The zero-order valence-corrected chi connectivity index (χ0v) is 11.8. The third-order valence-electron chi connectivity index (χ3n) is 2.60. The number of primary sulfonamides is 1. The smallest absolute Gasteiger partial charge is 0.225 e. The van der Waals surface area contributed by atoms with Crippen molar-refractivity contribution in [2.24, 2.45) is 5.14 Å². The van der Waals surface area contributed by atoms with Gasteiger partial charge in [0, 0.05) is 5.56 Å². The van der Waals surface area contributed by atoms with E-state index in [1.165, 1.54) is 30.3 Å². The van der Waals surface area contributed by atoms with Gasteiger partial charge in [-0.2, -0.15) is 0 Å². The van der Waals surface area contributed by atoms with Crippen LogP contribution < -0.4 is 5.14 Å². The van der Waals surface area contributed by atoms with E-state index in [4.69, 9.17) is 5.14 Å². The lowest BCUT2D eigenvalue weighted by atomic mass is 10.0. The lowest BCUT2D eigenvalue weighted by molar-refractivity contribution is 0.598. The fourth-order valence-corrected chi connectivity index (χ4v) is 2.49. The van der Waals surface area contributed by atoms with E-state index in [-0.39, 0.29) is 23.1 Å². The SMILES string of the molecule is Cc1ccc(S(N)(=O)=O)c(-c2ccc(F)cc2)c1.Cl. The van der Waals surface area contributed by atoms with E-state index in [1.54, 1.807) is 12.1 Å². The van der Waals surface area contributed by atoms with Crippen molar-refractivity contribution >= 4 is 22.4 Å². The van der Waals surface area contributed by atoms with Crippen LogP contribution in [0.15, 0.2) is 47.4 Å². The summed E-state index contributed by atoms with van der Waals surface area (Å²) in [5.41, 5.74) is 2.00. The van der Waals surface area contributed by atoms with Crippen LogP contribution in [0.2, 0.25) is 0 Å². The highest BCUT2D eigenvalue weighted by atomic mass is 35.5. The molecule has 2 N–H and O–H groups in total. The Morgan fingerprint density at radius 2 is 1.63 bits per heavy atom. The second-order valence-corrected chi connectivity index (χ2v) is 5.58. The normalized spacial score (nSPS) is 10.9. The Bertz CT molecular complexity index is 684. The van der Waals surface area contributed by atoms with Gasteiger partial charge in [0.05, 0.1) is 4.90 Å². The summed E-state index contributed by atoms with van der Waals surface area (Å²) in [7, 11) is -3.80. The molecular weight excluding hydrogens is 289 g/mol. The molecule has 0 bridgehead atoms. The molecule has 3 nitrogen and oxygen atoms in total. The lowest BCUT2D eigenvalue weighted by Gasteiger charge is -2.09. The molecule has 2 aromatic carbocycles. The number of sulfonamides is 1. The summed E-state index contributed by atoms with van der Waals surface area (Å²) >= 11 is 0. The Labute approximate surface area is 117 Å². The topological polar surface area (TPSA) is 60.2 Å². The number of halogens is 2. The Morgan fingerprint density at radius 3 is 2.16 bits per heavy atom. The van der Waals surface area contributed by atoms with E-state index in [9.17, 15) is 12.8 Å². The molecule has 2 aromatic rings. The van der Waals surface area contributed by atoms with Gasteiger partial charge in [-0.15, -0.1) is 12.4 Å². The van der Waals surface area contributed by atoms with E-state index in [2.05, 4.69) is 0 Å². The number of rotatable bonds is 2. The van der Waals surface area contributed by atoms with Crippen molar-refractivity contribution in [2.45, 2.75) is 11.8 Å². The molecule has 0 saturated carbocycles. The number of nitrogens with two attached hydrogens (primary N) is 1. The van der Waals surface area contributed by atoms with Crippen molar-refractivity contribution in [1.82, 2.24) is 0 Å². The Hall–Kier alpha value is -1.43. The summed E-state index contributed by atoms with van der Waals surface area (Å²) in [6.45, 7) is 1.85. The maximum atomic E-state index is 12.9. The molecular formula is C13H13ClFNO2S. The Morgan fingerprint density at radius 1 is 1.05 bits per heavy atom. The molecule has 0 unspecified atom stereocenters. The number of hydrogen-bond acceptors (Lipinski definition) is 2. The molecule has 0 aliphatic carbocycles. The van der Waals surface area contributed by atoms with Crippen molar-refractivity contribution in [3.05, 3.63) is 53.8 Å². The van der Waals surface area contributed by atoms with E-state index in [0.717, 1.165) is 5.56 Å². The molecule has 0 aliphatic heterocycles. The van der Waals surface area contributed by atoms with Gasteiger partial charge < -0.3 is 0 Å². The van der Waals surface area contributed by atoms with Gasteiger partial charge in [0.25, 0.3) is 0 Å². The highest BCUT2D eigenvalue weighted by Gasteiger charge is 2.15. The van der Waals surface area contributed by atoms with E-state index >= 15 is 0 Å². The highest BCUT2D eigenvalue weighted by molar-refractivity contribution is 7.89. The van der Waals surface area contributed by atoms with Crippen molar-refractivity contribution in [3.8, 4) is 11.1 Å². The summed E-state index contributed by atoms with van der Waals surface area (Å²) in [6.07, 6.45) is 0. The van der Waals surface area contributed by atoms with Crippen molar-refractivity contribution in [1.29, 1.82) is 0 Å². The molecule has 0 atom stereocenters. The average molecular weight is 302 g/mol. The van der Waals surface area contributed by atoms with Gasteiger partial charge in [-0.1, -0.05) is 29.8 Å². The first-order chi connectivity index (χ1) is 8.38. The van der Waals surface area contributed by atoms with Crippen molar-refractivity contribution < 1.29 is 12.8 Å². The van der Waals surface area contributed by atoms with E-state index < -0.39 is 10.0 Å². The minimum atomic E-state index is -3.80. The third-order valence-corrected chi connectivity index (χ3v) is 3.57. The fourth-order valence-electron chi connectivity index (χ4n) is 1.75. The van der Waals surface area contributed by atoms with Gasteiger partial charge in [-0.25, -0.2) is 17.9 Å². The second-order valence-electron chi connectivity index (χ2n) is 4.05.